The Bertz CT molecular complexity index is 1240. The molecular formula is C22H19ClN4O3S. The number of nitrogens with zero attached hydrogens (tertiary/aromatic N) is 2. The molecule has 0 aromatic heterocycles. The summed E-state index contributed by atoms with van der Waals surface area (Å²) in [7, 11) is -3.98. The second kappa shape index (κ2) is 9.51. The minimum absolute atomic E-state index is 0.111. The van der Waals surface area contributed by atoms with Crippen LogP contribution in [0.25, 0.3) is 0 Å². The van der Waals surface area contributed by atoms with Crippen molar-refractivity contribution in [3.8, 4) is 6.07 Å². The van der Waals surface area contributed by atoms with Crippen LogP contribution in [0.4, 0.5) is 21.9 Å². The molecule has 3 aromatic carbocycles. The lowest BCUT2D eigenvalue weighted by Gasteiger charge is -2.24. The van der Waals surface area contributed by atoms with Crippen LogP contribution in [0.15, 0.2) is 77.7 Å². The van der Waals surface area contributed by atoms with E-state index >= 15 is 0 Å². The molecule has 0 spiro atoms. The maximum Gasteiger partial charge on any atom is 0.323 e. The van der Waals surface area contributed by atoms with Crippen LogP contribution in [0.3, 0.4) is 0 Å². The fourth-order valence-electron chi connectivity index (χ4n) is 2.98. The van der Waals surface area contributed by atoms with E-state index in [0.717, 1.165) is 0 Å². The van der Waals surface area contributed by atoms with Gasteiger partial charge < -0.3 is 10.6 Å². The van der Waals surface area contributed by atoms with Gasteiger partial charge in [0.1, 0.15) is 11.0 Å². The van der Waals surface area contributed by atoms with Gasteiger partial charge in [-0.15, -0.1) is 0 Å². The molecule has 0 atom stereocenters. The first-order valence-electron chi connectivity index (χ1n) is 9.32. The Morgan fingerprint density at radius 2 is 1.58 bits per heavy atom. The van der Waals surface area contributed by atoms with E-state index in [2.05, 4.69) is 10.6 Å². The van der Waals surface area contributed by atoms with Gasteiger partial charge in [0.25, 0.3) is 10.0 Å². The van der Waals surface area contributed by atoms with Gasteiger partial charge in [0.2, 0.25) is 0 Å². The number of carbonyl (C=O) groups excluding carboxylic acids is 1. The molecule has 7 nitrogen and oxygen atoms in total. The summed E-state index contributed by atoms with van der Waals surface area (Å²) in [4.78, 5) is 12.3. The minimum atomic E-state index is -3.98. The third-order valence-corrected chi connectivity index (χ3v) is 6.87. The number of halogens is 1. The summed E-state index contributed by atoms with van der Waals surface area (Å²) < 4.78 is 27.8. The van der Waals surface area contributed by atoms with Crippen molar-refractivity contribution in [3.63, 3.8) is 0 Å². The minimum Gasteiger partial charge on any atom is -0.306 e. The monoisotopic (exact) mass is 454 g/mol. The SMILES string of the molecule is CCN(c1ccccc1)S(=O)(=O)c1cccc(NC(=O)Nc2ccccc2C#N)c1Cl. The third kappa shape index (κ3) is 4.79. The summed E-state index contributed by atoms with van der Waals surface area (Å²) in [6.45, 7) is 1.92. The topological polar surface area (TPSA) is 102 Å². The van der Waals surface area contributed by atoms with Gasteiger partial charge in [-0.05, 0) is 43.3 Å². The molecule has 0 unspecified atom stereocenters. The van der Waals surface area contributed by atoms with Crippen molar-refractivity contribution in [2.45, 2.75) is 11.8 Å². The quantitative estimate of drug-likeness (QED) is 0.542. The van der Waals surface area contributed by atoms with Crippen LogP contribution in [-0.2, 0) is 10.0 Å². The summed E-state index contributed by atoms with van der Waals surface area (Å²) in [5.74, 6) is 0. The number of nitriles is 1. The predicted molar refractivity (Wildman–Crippen MR) is 122 cm³/mol. The average molecular weight is 455 g/mol. The van der Waals surface area contributed by atoms with Gasteiger partial charge in [-0.2, -0.15) is 5.26 Å². The van der Waals surface area contributed by atoms with E-state index in [1.807, 2.05) is 6.07 Å². The van der Waals surface area contributed by atoms with E-state index in [-0.39, 0.29) is 22.2 Å². The van der Waals surface area contributed by atoms with Gasteiger partial charge in [0, 0.05) is 6.54 Å². The van der Waals surface area contributed by atoms with Crippen LogP contribution in [0.5, 0.6) is 0 Å². The van der Waals surface area contributed by atoms with Crippen LogP contribution >= 0.6 is 11.6 Å². The molecule has 0 aliphatic rings. The number of anilines is 3. The Morgan fingerprint density at radius 1 is 0.968 bits per heavy atom. The highest BCUT2D eigenvalue weighted by atomic mass is 35.5. The molecule has 0 heterocycles. The van der Waals surface area contributed by atoms with Crippen LogP contribution < -0.4 is 14.9 Å². The van der Waals surface area contributed by atoms with E-state index < -0.39 is 16.1 Å². The first-order chi connectivity index (χ1) is 14.9. The van der Waals surface area contributed by atoms with Gasteiger partial charge in [0.05, 0.1) is 27.6 Å². The molecule has 0 aliphatic heterocycles. The molecular weight excluding hydrogens is 436 g/mol. The molecule has 2 amide bonds. The maximum atomic E-state index is 13.3. The molecule has 0 fully saturated rings. The van der Waals surface area contributed by atoms with E-state index in [1.54, 1.807) is 61.5 Å². The van der Waals surface area contributed by atoms with Crippen molar-refractivity contribution in [2.24, 2.45) is 0 Å². The fourth-order valence-corrected chi connectivity index (χ4v) is 5.01. The highest BCUT2D eigenvalue weighted by Gasteiger charge is 2.27. The Hall–Kier alpha value is -3.54. The number of benzene rings is 3. The molecule has 9 heteroatoms. The summed E-state index contributed by atoms with van der Waals surface area (Å²) in [6, 6.07) is 20.9. The zero-order valence-electron chi connectivity index (χ0n) is 16.5. The number of hydrogen-bond acceptors (Lipinski definition) is 4. The molecule has 0 saturated carbocycles. The van der Waals surface area contributed by atoms with E-state index in [1.165, 1.54) is 22.5 Å². The zero-order valence-corrected chi connectivity index (χ0v) is 18.1. The number of amides is 2. The number of nitrogens with one attached hydrogen (secondary N) is 2. The van der Waals surface area contributed by atoms with E-state index in [4.69, 9.17) is 16.9 Å². The van der Waals surface area contributed by atoms with Gasteiger partial charge in [-0.3, -0.25) is 4.31 Å². The number of sulfonamides is 1. The lowest BCUT2D eigenvalue weighted by molar-refractivity contribution is 0.262. The van der Waals surface area contributed by atoms with Gasteiger partial charge in [0.15, 0.2) is 0 Å². The molecule has 0 aliphatic carbocycles. The zero-order chi connectivity index (χ0) is 22.4. The Labute approximate surface area is 185 Å². The van der Waals surface area contributed by atoms with Gasteiger partial charge >= 0.3 is 6.03 Å². The number of urea groups is 1. The van der Waals surface area contributed by atoms with Crippen LogP contribution in [0.1, 0.15) is 12.5 Å². The van der Waals surface area contributed by atoms with Crippen molar-refractivity contribution >= 4 is 44.7 Å². The number of carbonyl (C=O) groups is 1. The molecule has 31 heavy (non-hydrogen) atoms. The van der Waals surface area contributed by atoms with Crippen molar-refractivity contribution in [3.05, 3.63) is 83.4 Å². The lowest BCUT2D eigenvalue weighted by Crippen LogP contribution is -2.31. The normalized spacial score (nSPS) is 10.7. The fraction of sp³-hybridized carbons (Fsp3) is 0.0909. The second-order valence-electron chi connectivity index (χ2n) is 6.36. The first kappa shape index (κ1) is 22.2. The summed E-state index contributed by atoms with van der Waals surface area (Å²) >= 11 is 6.39. The van der Waals surface area contributed by atoms with E-state index in [0.29, 0.717) is 16.9 Å². The molecule has 0 bridgehead atoms. The number of hydrogen-bond donors (Lipinski definition) is 2. The number of rotatable bonds is 6. The Morgan fingerprint density at radius 3 is 2.26 bits per heavy atom. The smallest absolute Gasteiger partial charge is 0.306 e. The Balaban J connectivity index is 1.89. The standard InChI is InChI=1S/C22H19ClN4O3S/c1-2-27(17-10-4-3-5-11-17)31(29,30)20-14-8-13-19(21(20)23)26-22(28)25-18-12-7-6-9-16(18)15-24/h3-14H,2H2,1H3,(H2,25,26,28). The summed E-state index contributed by atoms with van der Waals surface area (Å²) in [5.41, 5.74) is 1.24. The molecule has 0 radical (unpaired) electrons. The van der Waals surface area contributed by atoms with Crippen LogP contribution in [-0.4, -0.2) is 21.0 Å². The molecule has 158 valence electrons. The maximum absolute atomic E-state index is 13.3. The van der Waals surface area contributed by atoms with E-state index in [9.17, 15) is 13.2 Å². The lowest BCUT2D eigenvalue weighted by atomic mass is 10.2. The van der Waals surface area contributed by atoms with Crippen molar-refractivity contribution < 1.29 is 13.2 Å². The average Bonchev–Trinajstić information content (AvgIpc) is 2.76. The Kier molecular flexibility index (Phi) is 6.80. The van der Waals surface area contributed by atoms with Crippen molar-refractivity contribution in [1.29, 1.82) is 5.26 Å². The summed E-state index contributed by atoms with van der Waals surface area (Å²) in [5, 5.41) is 14.1. The third-order valence-electron chi connectivity index (χ3n) is 4.41. The molecule has 2 N–H and O–H groups in total. The highest BCUT2D eigenvalue weighted by Crippen LogP contribution is 2.33. The predicted octanol–water partition coefficient (Wildman–Crippen LogP) is 5.07. The highest BCUT2D eigenvalue weighted by molar-refractivity contribution is 7.93. The van der Waals surface area contributed by atoms with Gasteiger partial charge in [-0.25, -0.2) is 13.2 Å². The van der Waals surface area contributed by atoms with Crippen LogP contribution in [0, 0.1) is 11.3 Å². The summed E-state index contributed by atoms with van der Waals surface area (Å²) in [6.07, 6.45) is 0. The molecule has 3 rings (SSSR count). The van der Waals surface area contributed by atoms with Crippen molar-refractivity contribution in [1.82, 2.24) is 0 Å². The molecule has 0 saturated heterocycles. The van der Waals surface area contributed by atoms with Crippen LogP contribution in [0.2, 0.25) is 5.02 Å². The molecule has 3 aromatic rings. The van der Waals surface area contributed by atoms with Crippen molar-refractivity contribution in [2.75, 3.05) is 21.5 Å². The number of para-hydroxylation sites is 2. The largest absolute Gasteiger partial charge is 0.323 e. The first-order valence-corrected chi connectivity index (χ1v) is 11.1. The second-order valence-corrected chi connectivity index (χ2v) is 8.57. The van der Waals surface area contributed by atoms with Gasteiger partial charge in [-0.1, -0.05) is 48.0 Å².